The summed E-state index contributed by atoms with van der Waals surface area (Å²) in [7, 11) is -5.66. The minimum Gasteiger partial charge on any atom is -0.533 e. The highest BCUT2D eigenvalue weighted by atomic mass is 127. The lowest BCUT2D eigenvalue weighted by atomic mass is 10.1. The van der Waals surface area contributed by atoms with Crippen molar-refractivity contribution in [3.05, 3.63) is 33.1 Å². The highest BCUT2D eigenvalue weighted by molar-refractivity contribution is 14.1. The Balaban J connectivity index is 2.87. The molecule has 0 aliphatic carbocycles. The molecule has 0 aromatic heterocycles. The maximum atomic E-state index is 12.4. The van der Waals surface area contributed by atoms with Crippen LogP contribution in [0.15, 0.2) is 12.1 Å². The van der Waals surface area contributed by atoms with Crippen LogP contribution in [-0.4, -0.2) is 32.0 Å². The van der Waals surface area contributed by atoms with Crippen LogP contribution in [0.2, 0.25) is 0 Å². The van der Waals surface area contributed by atoms with Crippen molar-refractivity contribution in [2.45, 2.75) is 24.9 Å². The molecule has 0 aliphatic rings. The maximum absolute atomic E-state index is 12.4. The van der Waals surface area contributed by atoms with Gasteiger partial charge in [0.15, 0.2) is 10.0 Å². The molecule has 0 unspecified atom stereocenters. The van der Waals surface area contributed by atoms with Crippen molar-refractivity contribution < 1.29 is 31.1 Å². The van der Waals surface area contributed by atoms with Crippen LogP contribution in [0.1, 0.15) is 24.2 Å². The largest absolute Gasteiger partial charge is 0.533 e. The molecule has 5 nitrogen and oxygen atoms in total. The van der Waals surface area contributed by atoms with Crippen molar-refractivity contribution in [1.82, 2.24) is 0 Å². The molecule has 0 aliphatic heterocycles. The van der Waals surface area contributed by atoms with Crippen LogP contribution in [-0.2, 0) is 14.8 Å². The molecule has 0 heterocycles. The Labute approximate surface area is 177 Å². The molecule has 1 aromatic rings. The number of benzene rings is 1. The van der Waals surface area contributed by atoms with Gasteiger partial charge in [0.25, 0.3) is 0 Å². The van der Waals surface area contributed by atoms with Crippen molar-refractivity contribution in [1.29, 1.82) is 0 Å². The third-order valence-electron chi connectivity index (χ3n) is 2.43. The number of nitrogens with zero attached hydrogens (tertiary/aromatic N) is 1. The summed E-state index contributed by atoms with van der Waals surface area (Å²) in [6, 6.07) is 3.41. The highest BCUT2D eigenvalue weighted by Crippen LogP contribution is 2.33. The summed E-state index contributed by atoms with van der Waals surface area (Å²) in [5, 5.41) is 0. The van der Waals surface area contributed by atoms with Gasteiger partial charge in [-0.2, -0.15) is 13.2 Å². The number of carbonyl (C=O) groups excluding carboxylic acids is 1. The van der Waals surface area contributed by atoms with Gasteiger partial charge in [-0.25, -0.2) is 13.2 Å². The van der Waals surface area contributed by atoms with Gasteiger partial charge < -0.3 is 9.46 Å². The van der Waals surface area contributed by atoms with Crippen molar-refractivity contribution in [3.8, 4) is 0 Å². The zero-order valence-electron chi connectivity index (χ0n) is 12.1. The number of carbonyl (C=O) groups is 1. The molecule has 0 N–H and O–H groups in total. The second-order valence-electron chi connectivity index (χ2n) is 5.15. The first-order valence-corrected chi connectivity index (χ1v) is 10.7. The highest BCUT2D eigenvalue weighted by Gasteiger charge is 2.40. The van der Waals surface area contributed by atoms with Gasteiger partial charge in [-0.15, -0.1) is 0 Å². The molecule has 1 aromatic carbocycles. The minimum absolute atomic E-state index is 0.251. The van der Waals surface area contributed by atoms with E-state index in [0.29, 0.717) is 3.57 Å². The van der Waals surface area contributed by atoms with E-state index in [0.717, 1.165) is 21.0 Å². The van der Waals surface area contributed by atoms with Gasteiger partial charge >= 0.3 is 11.5 Å². The number of sulfonamides is 1. The Morgan fingerprint density at radius 1 is 1.21 bits per heavy atom. The Hall–Kier alpha value is 0.580. The molecule has 0 saturated carbocycles. The molecule has 0 radical (unpaired) electrons. The van der Waals surface area contributed by atoms with E-state index in [4.69, 9.17) is 4.74 Å². The Morgan fingerprint density at radius 3 is 2.25 bits per heavy atom. The summed E-state index contributed by atoms with van der Waals surface area (Å²) in [6.45, 7) is 1.65. The van der Waals surface area contributed by atoms with E-state index in [1.165, 1.54) is 0 Å². The second kappa shape index (κ2) is 8.08. The molecular weight excluding hydrogens is 692 g/mol. The minimum atomic E-state index is -5.66. The van der Waals surface area contributed by atoms with Gasteiger partial charge in [-0.3, -0.25) is 0 Å². The predicted octanol–water partition coefficient (Wildman–Crippen LogP) is 4.66. The summed E-state index contributed by atoms with van der Waals surface area (Å²) in [5.41, 5.74) is -6.98. The van der Waals surface area contributed by atoms with Gasteiger partial charge in [-0.1, -0.05) is 19.4 Å². The first-order chi connectivity index (χ1) is 10.7. The van der Waals surface area contributed by atoms with Crippen LogP contribution >= 0.6 is 67.8 Å². The zero-order valence-corrected chi connectivity index (χ0v) is 19.4. The van der Waals surface area contributed by atoms with Crippen LogP contribution in [0.3, 0.4) is 0 Å². The van der Waals surface area contributed by atoms with E-state index >= 15 is 0 Å². The number of hydrogen-bond acceptors (Lipinski definition) is 4. The molecule has 0 saturated heterocycles. The van der Waals surface area contributed by atoms with Crippen LogP contribution in [0, 0.1) is 10.7 Å². The topological polar surface area (TPSA) is 74.5 Å². The summed E-state index contributed by atoms with van der Waals surface area (Å²) in [6.07, 6.45) is 0. The molecular formula is C12H10F3I3NO4S-. The molecule has 12 heteroatoms. The lowest BCUT2D eigenvalue weighted by Crippen LogP contribution is -2.34. The standard InChI is InChI=1S/C12H10F3I3NO4S/c1-11(2,19-24(21,22)12(13,14)15)5-23-10(20)7-3-6(16)4-8(17)9(7)18/h3-4H,5H2,1-2H3/q-1. The van der Waals surface area contributed by atoms with Crippen molar-refractivity contribution >= 4 is 83.8 Å². The number of rotatable bonds is 5. The Kier molecular flexibility index (Phi) is 7.61. The smallest absolute Gasteiger partial charge is 0.480 e. The maximum Gasteiger partial charge on any atom is 0.480 e. The fourth-order valence-corrected chi connectivity index (χ4v) is 4.61. The van der Waals surface area contributed by atoms with E-state index in [1.54, 1.807) is 6.07 Å². The van der Waals surface area contributed by atoms with Crippen LogP contribution in [0.4, 0.5) is 13.2 Å². The quantitative estimate of drug-likeness (QED) is 0.255. The van der Waals surface area contributed by atoms with E-state index < -0.39 is 33.6 Å². The summed E-state index contributed by atoms with van der Waals surface area (Å²) < 4.78 is 69.3. The van der Waals surface area contributed by atoms with E-state index in [1.807, 2.05) is 73.8 Å². The lowest BCUT2D eigenvalue weighted by Gasteiger charge is -2.38. The fourth-order valence-electron chi connectivity index (χ4n) is 1.43. The molecule has 0 amide bonds. The molecule has 1 rings (SSSR count). The number of esters is 1. The summed E-state index contributed by atoms with van der Waals surface area (Å²) >= 11 is 6.00. The normalized spacial score (nSPS) is 13.0. The SMILES string of the molecule is CC(C)(COC(=O)c1cc(I)cc(I)c1I)[N-]S(=O)(=O)C(F)(F)F. The predicted molar refractivity (Wildman–Crippen MR) is 107 cm³/mol. The van der Waals surface area contributed by atoms with Gasteiger partial charge in [0.1, 0.15) is 0 Å². The van der Waals surface area contributed by atoms with Gasteiger partial charge in [0, 0.05) is 10.7 Å². The first-order valence-electron chi connectivity index (χ1n) is 6.03. The van der Waals surface area contributed by atoms with Crippen LogP contribution in [0.5, 0.6) is 0 Å². The second-order valence-corrected chi connectivity index (χ2v) is 10.2. The molecule has 0 atom stereocenters. The molecule has 0 spiro atoms. The van der Waals surface area contributed by atoms with Crippen LogP contribution in [0.25, 0.3) is 4.72 Å². The number of alkyl halides is 3. The number of halogens is 6. The van der Waals surface area contributed by atoms with Crippen molar-refractivity contribution in [3.63, 3.8) is 0 Å². The molecule has 136 valence electrons. The van der Waals surface area contributed by atoms with E-state index in [9.17, 15) is 26.4 Å². The Morgan fingerprint density at radius 2 is 1.75 bits per heavy atom. The van der Waals surface area contributed by atoms with Crippen molar-refractivity contribution in [2.75, 3.05) is 6.61 Å². The molecule has 24 heavy (non-hydrogen) atoms. The molecule has 0 fully saturated rings. The average Bonchev–Trinajstić information content (AvgIpc) is 2.37. The lowest BCUT2D eigenvalue weighted by molar-refractivity contribution is -0.0430. The van der Waals surface area contributed by atoms with E-state index in [-0.39, 0.29) is 5.56 Å². The van der Waals surface area contributed by atoms with Crippen molar-refractivity contribution in [2.24, 2.45) is 0 Å². The summed E-state index contributed by atoms with van der Waals surface area (Å²) in [5.74, 6) is -0.761. The van der Waals surface area contributed by atoms with Gasteiger partial charge in [0.05, 0.1) is 12.2 Å². The van der Waals surface area contributed by atoms with Gasteiger partial charge in [0.2, 0.25) is 0 Å². The monoisotopic (exact) mass is 702 g/mol. The average molecular weight is 702 g/mol. The third kappa shape index (κ3) is 6.08. The number of ether oxygens (including phenoxy) is 1. The molecule has 0 bridgehead atoms. The fraction of sp³-hybridized carbons (Fsp3) is 0.417. The number of hydrogen-bond donors (Lipinski definition) is 0. The van der Waals surface area contributed by atoms with Crippen LogP contribution < -0.4 is 0 Å². The Bertz CT molecular complexity index is 751. The van der Waals surface area contributed by atoms with Gasteiger partial charge in [-0.05, 0) is 79.9 Å². The summed E-state index contributed by atoms with van der Waals surface area (Å²) in [4.78, 5) is 12.1. The van der Waals surface area contributed by atoms with E-state index in [2.05, 4.69) is 4.72 Å². The zero-order chi connectivity index (χ0) is 18.9. The third-order valence-corrected chi connectivity index (χ3v) is 7.42. The first kappa shape index (κ1) is 22.6.